The fourth-order valence-corrected chi connectivity index (χ4v) is 2.96. The number of nitro benzene ring substituents is 1. The Morgan fingerprint density at radius 2 is 1.69 bits per heavy atom. The van der Waals surface area contributed by atoms with Crippen LogP contribution >= 0.6 is 0 Å². The normalized spacial score (nSPS) is 10.7. The highest BCUT2D eigenvalue weighted by Gasteiger charge is 2.11. The van der Waals surface area contributed by atoms with Gasteiger partial charge >= 0.3 is 5.97 Å². The Bertz CT molecular complexity index is 1270. The minimum absolute atomic E-state index is 0.0101. The molecule has 0 spiro atoms. The molecule has 0 saturated carbocycles. The van der Waals surface area contributed by atoms with E-state index in [4.69, 9.17) is 9.47 Å². The van der Waals surface area contributed by atoms with Crippen LogP contribution in [0.1, 0.15) is 28.4 Å². The molecule has 0 aliphatic heterocycles. The van der Waals surface area contributed by atoms with Gasteiger partial charge in [0, 0.05) is 17.8 Å². The van der Waals surface area contributed by atoms with Crippen molar-refractivity contribution in [2.45, 2.75) is 13.5 Å². The van der Waals surface area contributed by atoms with Gasteiger partial charge < -0.3 is 14.8 Å². The van der Waals surface area contributed by atoms with E-state index >= 15 is 0 Å². The summed E-state index contributed by atoms with van der Waals surface area (Å²) in [4.78, 5) is 34.5. The molecule has 0 radical (unpaired) electrons. The van der Waals surface area contributed by atoms with Crippen LogP contribution in [0, 0.1) is 21.4 Å². The first-order valence-corrected chi connectivity index (χ1v) is 10.6. The second-order valence-electron chi connectivity index (χ2n) is 7.20. The number of carbonyl (C=O) groups is 2. The molecule has 0 aliphatic carbocycles. The van der Waals surface area contributed by atoms with E-state index in [0.29, 0.717) is 22.6 Å². The molecule has 3 aromatic rings. The Balaban J connectivity index is 1.60. The first-order chi connectivity index (χ1) is 16.9. The fourth-order valence-electron chi connectivity index (χ4n) is 2.96. The summed E-state index contributed by atoms with van der Waals surface area (Å²) < 4.78 is 10.6. The van der Waals surface area contributed by atoms with Gasteiger partial charge in [0.05, 0.1) is 17.1 Å². The summed E-state index contributed by atoms with van der Waals surface area (Å²) >= 11 is 0. The summed E-state index contributed by atoms with van der Waals surface area (Å²) in [6.07, 6.45) is 1.45. The molecule has 176 valence electrons. The van der Waals surface area contributed by atoms with Gasteiger partial charge in [0.25, 0.3) is 11.6 Å². The van der Waals surface area contributed by atoms with Crippen molar-refractivity contribution in [2.24, 2.45) is 0 Å². The molecule has 3 aromatic carbocycles. The lowest BCUT2D eigenvalue weighted by Crippen LogP contribution is -2.13. The Morgan fingerprint density at radius 3 is 2.26 bits per heavy atom. The molecule has 35 heavy (non-hydrogen) atoms. The predicted molar refractivity (Wildman–Crippen MR) is 128 cm³/mol. The number of hydrogen-bond acceptors (Lipinski definition) is 7. The Labute approximate surface area is 201 Å². The van der Waals surface area contributed by atoms with E-state index < -0.39 is 16.8 Å². The first-order valence-electron chi connectivity index (χ1n) is 10.6. The van der Waals surface area contributed by atoms with Crippen molar-refractivity contribution in [3.05, 3.63) is 105 Å². The highest BCUT2D eigenvalue weighted by atomic mass is 16.6. The molecule has 0 fully saturated rings. The number of nitro groups is 1. The third-order valence-electron chi connectivity index (χ3n) is 4.76. The molecular weight excluding hydrogens is 450 g/mol. The number of ether oxygens (including phenoxy) is 2. The predicted octanol–water partition coefficient (Wildman–Crippen LogP) is 4.90. The number of hydrogen-bond donors (Lipinski definition) is 1. The number of esters is 1. The smallest absolute Gasteiger partial charge is 0.338 e. The monoisotopic (exact) mass is 471 g/mol. The van der Waals surface area contributed by atoms with E-state index in [-0.39, 0.29) is 24.5 Å². The number of nitrogens with one attached hydrogen (secondary N) is 1. The maximum absolute atomic E-state index is 12.5. The molecular formula is C26H21N3O6. The van der Waals surface area contributed by atoms with Crippen molar-refractivity contribution in [3.63, 3.8) is 0 Å². The summed E-state index contributed by atoms with van der Waals surface area (Å²) in [6, 6.07) is 20.9. The van der Waals surface area contributed by atoms with Crippen LogP contribution in [0.15, 0.2) is 78.4 Å². The molecule has 0 bridgehead atoms. The second-order valence-corrected chi connectivity index (χ2v) is 7.20. The third kappa shape index (κ3) is 7.00. The van der Waals surface area contributed by atoms with Crippen LogP contribution in [0.5, 0.6) is 5.75 Å². The van der Waals surface area contributed by atoms with Crippen molar-refractivity contribution in [1.29, 1.82) is 5.26 Å². The van der Waals surface area contributed by atoms with Crippen LogP contribution in [0.3, 0.4) is 0 Å². The Kier molecular flexibility index (Phi) is 8.29. The van der Waals surface area contributed by atoms with Crippen LogP contribution in [-0.4, -0.2) is 23.4 Å². The fraction of sp³-hybridized carbons (Fsp3) is 0.115. The molecule has 9 heteroatoms. The first kappa shape index (κ1) is 24.7. The molecule has 0 saturated heterocycles. The van der Waals surface area contributed by atoms with Gasteiger partial charge in [-0.25, -0.2) is 4.79 Å². The third-order valence-corrected chi connectivity index (χ3v) is 4.76. The van der Waals surface area contributed by atoms with Crippen LogP contribution in [-0.2, 0) is 16.1 Å². The number of carbonyl (C=O) groups excluding carboxylic acids is 2. The van der Waals surface area contributed by atoms with Crippen molar-refractivity contribution in [3.8, 4) is 11.8 Å². The molecule has 9 nitrogen and oxygen atoms in total. The SMILES string of the molecule is CCOC(=O)c1ccc(NC(=O)/C(C#N)=C/c2ccc(OCc3ccc([N+](=O)[O-])cc3)cc2)cc1. The Morgan fingerprint density at radius 1 is 1.03 bits per heavy atom. The van der Waals surface area contributed by atoms with Gasteiger partial charge in [0.2, 0.25) is 0 Å². The average molecular weight is 471 g/mol. The number of amides is 1. The molecule has 0 heterocycles. The topological polar surface area (TPSA) is 132 Å². The minimum Gasteiger partial charge on any atom is -0.489 e. The maximum atomic E-state index is 12.5. The standard InChI is InChI=1S/C26H21N3O6/c1-2-34-26(31)20-7-9-22(10-8-20)28-25(30)21(16-27)15-18-5-13-24(14-6-18)35-17-19-3-11-23(12-4-19)29(32)33/h3-15H,2,17H2,1H3,(H,28,30)/b21-15+. The number of nitriles is 1. The molecule has 3 rings (SSSR count). The van der Waals surface area contributed by atoms with E-state index in [0.717, 1.165) is 5.56 Å². The van der Waals surface area contributed by atoms with Crippen LogP contribution in [0.2, 0.25) is 0 Å². The van der Waals surface area contributed by atoms with Crippen molar-refractivity contribution in [1.82, 2.24) is 0 Å². The van der Waals surface area contributed by atoms with E-state index in [9.17, 15) is 25.0 Å². The zero-order chi connectivity index (χ0) is 25.2. The lowest BCUT2D eigenvalue weighted by atomic mass is 10.1. The van der Waals surface area contributed by atoms with E-state index in [2.05, 4.69) is 5.32 Å². The van der Waals surface area contributed by atoms with Gasteiger partial charge in [-0.05, 0) is 72.7 Å². The minimum atomic E-state index is -0.588. The molecule has 1 amide bonds. The summed E-state index contributed by atoms with van der Waals surface area (Å²) in [6.45, 7) is 2.21. The van der Waals surface area contributed by atoms with Gasteiger partial charge in [0.1, 0.15) is 24.0 Å². The summed E-state index contributed by atoms with van der Waals surface area (Å²) in [5, 5.41) is 22.8. The number of anilines is 1. The molecule has 0 aliphatic rings. The lowest BCUT2D eigenvalue weighted by Gasteiger charge is -2.07. The van der Waals surface area contributed by atoms with E-state index in [1.807, 2.05) is 6.07 Å². The number of rotatable bonds is 9. The van der Waals surface area contributed by atoms with Crippen LogP contribution in [0.25, 0.3) is 6.08 Å². The molecule has 0 unspecified atom stereocenters. The van der Waals surface area contributed by atoms with Crippen molar-refractivity contribution >= 4 is 29.3 Å². The highest BCUT2D eigenvalue weighted by Crippen LogP contribution is 2.18. The van der Waals surface area contributed by atoms with Crippen molar-refractivity contribution in [2.75, 3.05) is 11.9 Å². The number of non-ortho nitro benzene ring substituents is 1. The maximum Gasteiger partial charge on any atom is 0.338 e. The molecule has 0 aromatic heterocycles. The largest absolute Gasteiger partial charge is 0.489 e. The molecule has 1 N–H and O–H groups in total. The van der Waals surface area contributed by atoms with Gasteiger partial charge in [0.15, 0.2) is 0 Å². The summed E-state index contributed by atoms with van der Waals surface area (Å²) in [7, 11) is 0. The van der Waals surface area contributed by atoms with Crippen LogP contribution in [0.4, 0.5) is 11.4 Å². The van der Waals surface area contributed by atoms with Crippen LogP contribution < -0.4 is 10.1 Å². The number of nitrogens with zero attached hydrogens (tertiary/aromatic N) is 2. The van der Waals surface area contributed by atoms with E-state index in [1.54, 1.807) is 55.5 Å². The van der Waals surface area contributed by atoms with Gasteiger partial charge in [-0.1, -0.05) is 12.1 Å². The summed E-state index contributed by atoms with van der Waals surface area (Å²) in [5.41, 5.74) is 2.10. The lowest BCUT2D eigenvalue weighted by molar-refractivity contribution is -0.384. The average Bonchev–Trinajstić information content (AvgIpc) is 2.87. The van der Waals surface area contributed by atoms with E-state index in [1.165, 1.54) is 30.3 Å². The van der Waals surface area contributed by atoms with Gasteiger partial charge in [-0.15, -0.1) is 0 Å². The molecule has 0 atom stereocenters. The second kappa shape index (κ2) is 11.8. The highest BCUT2D eigenvalue weighted by molar-refractivity contribution is 6.09. The van der Waals surface area contributed by atoms with Gasteiger partial charge in [-0.3, -0.25) is 14.9 Å². The quantitative estimate of drug-likeness (QED) is 0.154. The van der Waals surface area contributed by atoms with Gasteiger partial charge in [-0.2, -0.15) is 5.26 Å². The zero-order valence-electron chi connectivity index (χ0n) is 18.8. The number of benzene rings is 3. The Hall–Kier alpha value is -4.97. The van der Waals surface area contributed by atoms with Crippen molar-refractivity contribution < 1.29 is 24.0 Å². The summed E-state index contributed by atoms with van der Waals surface area (Å²) in [5.74, 6) is -0.483. The zero-order valence-corrected chi connectivity index (χ0v) is 18.8.